The van der Waals surface area contributed by atoms with E-state index in [-0.39, 0.29) is 17.3 Å². The molecule has 3 rings (SSSR count). The number of amides is 1. The Kier molecular flexibility index (Phi) is 4.88. The summed E-state index contributed by atoms with van der Waals surface area (Å²) >= 11 is 0. The van der Waals surface area contributed by atoms with Crippen molar-refractivity contribution < 1.29 is 13.6 Å². The maximum absolute atomic E-state index is 13.7. The highest BCUT2D eigenvalue weighted by Crippen LogP contribution is 2.19. The topological polar surface area (TPSA) is 66.9 Å². The molecule has 0 spiro atoms. The van der Waals surface area contributed by atoms with E-state index in [2.05, 4.69) is 20.6 Å². The summed E-state index contributed by atoms with van der Waals surface area (Å²) in [7, 11) is 0. The van der Waals surface area contributed by atoms with Crippen molar-refractivity contribution in [3.8, 4) is 0 Å². The van der Waals surface area contributed by atoms with Crippen molar-refractivity contribution in [2.75, 3.05) is 10.6 Å². The van der Waals surface area contributed by atoms with Crippen LogP contribution in [0.5, 0.6) is 0 Å². The van der Waals surface area contributed by atoms with Crippen LogP contribution in [0, 0.1) is 25.5 Å². The van der Waals surface area contributed by atoms with Crippen LogP contribution < -0.4 is 10.6 Å². The lowest BCUT2D eigenvalue weighted by molar-refractivity contribution is 0.102. The van der Waals surface area contributed by atoms with Gasteiger partial charge < -0.3 is 10.6 Å². The lowest BCUT2D eigenvalue weighted by atomic mass is 10.1. The molecule has 0 aliphatic carbocycles. The first-order chi connectivity index (χ1) is 12.4. The van der Waals surface area contributed by atoms with Crippen LogP contribution in [0.3, 0.4) is 0 Å². The monoisotopic (exact) mass is 354 g/mol. The van der Waals surface area contributed by atoms with Crippen molar-refractivity contribution in [2.24, 2.45) is 0 Å². The van der Waals surface area contributed by atoms with E-state index in [1.165, 1.54) is 18.3 Å². The number of carbonyl (C=O) groups is 1. The van der Waals surface area contributed by atoms with E-state index in [0.29, 0.717) is 5.69 Å². The molecule has 0 radical (unpaired) electrons. The zero-order valence-corrected chi connectivity index (χ0v) is 14.2. The molecule has 3 aromatic rings. The average Bonchev–Trinajstić information content (AvgIpc) is 2.61. The van der Waals surface area contributed by atoms with Gasteiger partial charge in [0.25, 0.3) is 5.91 Å². The Bertz CT molecular complexity index is 976. The van der Waals surface area contributed by atoms with Gasteiger partial charge in [0.2, 0.25) is 5.95 Å². The molecular formula is C19H16F2N4O. The number of carbonyl (C=O) groups excluding carboxylic acids is 1. The fourth-order valence-electron chi connectivity index (χ4n) is 2.27. The molecule has 0 bridgehead atoms. The molecule has 1 heterocycles. The van der Waals surface area contributed by atoms with Gasteiger partial charge in [-0.2, -0.15) is 0 Å². The second-order valence-corrected chi connectivity index (χ2v) is 5.77. The molecule has 0 saturated carbocycles. The van der Waals surface area contributed by atoms with Crippen LogP contribution in [0.2, 0.25) is 0 Å². The van der Waals surface area contributed by atoms with Crippen LogP contribution in [-0.2, 0) is 0 Å². The van der Waals surface area contributed by atoms with Crippen LogP contribution in [0.25, 0.3) is 0 Å². The summed E-state index contributed by atoms with van der Waals surface area (Å²) in [5.74, 6) is -1.85. The molecule has 0 aliphatic rings. The first-order valence-electron chi connectivity index (χ1n) is 7.86. The number of nitrogens with one attached hydrogen (secondary N) is 2. The second-order valence-electron chi connectivity index (χ2n) is 5.77. The third-order valence-electron chi connectivity index (χ3n) is 3.83. The summed E-state index contributed by atoms with van der Waals surface area (Å²) in [6, 6.07) is 10.1. The minimum Gasteiger partial charge on any atom is -0.322 e. The zero-order chi connectivity index (χ0) is 18.7. The number of rotatable bonds is 4. The van der Waals surface area contributed by atoms with Crippen LogP contribution in [-0.4, -0.2) is 15.9 Å². The molecule has 7 heteroatoms. The normalized spacial score (nSPS) is 10.5. The Morgan fingerprint density at radius 2 is 1.81 bits per heavy atom. The molecular weight excluding hydrogens is 338 g/mol. The lowest BCUT2D eigenvalue weighted by Gasteiger charge is -2.09. The summed E-state index contributed by atoms with van der Waals surface area (Å²) in [5.41, 5.74) is 2.95. The van der Waals surface area contributed by atoms with E-state index in [0.717, 1.165) is 23.3 Å². The van der Waals surface area contributed by atoms with Gasteiger partial charge in [0.15, 0.2) is 0 Å². The predicted octanol–water partition coefficient (Wildman–Crippen LogP) is 4.37. The molecule has 0 atom stereocenters. The van der Waals surface area contributed by atoms with Crippen LogP contribution in [0.15, 0.2) is 48.7 Å². The highest BCUT2D eigenvalue weighted by Gasteiger charge is 2.11. The number of hydrogen-bond donors (Lipinski definition) is 2. The van der Waals surface area contributed by atoms with Gasteiger partial charge in [-0.15, -0.1) is 0 Å². The minimum absolute atomic E-state index is 0.0121. The molecule has 26 heavy (non-hydrogen) atoms. The number of halogens is 2. The molecule has 2 aromatic carbocycles. The van der Waals surface area contributed by atoms with Crippen molar-refractivity contribution >= 4 is 23.2 Å². The molecule has 1 amide bonds. The minimum atomic E-state index is -0.779. The van der Waals surface area contributed by atoms with Gasteiger partial charge >= 0.3 is 0 Å². The highest BCUT2D eigenvalue weighted by molar-refractivity contribution is 6.03. The number of anilines is 3. The van der Waals surface area contributed by atoms with Crippen molar-refractivity contribution in [3.63, 3.8) is 0 Å². The number of aryl methyl sites for hydroxylation is 2. The van der Waals surface area contributed by atoms with E-state index < -0.39 is 17.5 Å². The molecule has 0 saturated heterocycles. The first kappa shape index (κ1) is 17.5. The standard InChI is InChI=1S/C19H16F2N4O/c1-11-3-5-14(9-12(11)2)23-18(26)17-7-8-22-19(25-17)24-16-6-4-13(20)10-15(16)21/h3-10H,1-2H3,(H,23,26)(H,22,24,25). The van der Waals surface area contributed by atoms with Gasteiger partial charge in [0.05, 0.1) is 5.69 Å². The molecule has 1 aromatic heterocycles. The fourth-order valence-corrected chi connectivity index (χ4v) is 2.27. The summed E-state index contributed by atoms with van der Waals surface area (Å²) in [5, 5.41) is 5.39. The van der Waals surface area contributed by atoms with E-state index in [4.69, 9.17) is 0 Å². The molecule has 132 valence electrons. The van der Waals surface area contributed by atoms with Crippen LogP contribution in [0.4, 0.5) is 26.1 Å². The molecule has 2 N–H and O–H groups in total. The number of aromatic nitrogens is 2. The summed E-state index contributed by atoms with van der Waals surface area (Å²) < 4.78 is 26.7. The predicted molar refractivity (Wildman–Crippen MR) is 95.5 cm³/mol. The lowest BCUT2D eigenvalue weighted by Crippen LogP contribution is -2.15. The van der Waals surface area contributed by atoms with Crippen molar-refractivity contribution in [1.29, 1.82) is 0 Å². The number of hydrogen-bond acceptors (Lipinski definition) is 4. The third kappa shape index (κ3) is 4.00. The van der Waals surface area contributed by atoms with Gasteiger partial charge in [-0.1, -0.05) is 6.07 Å². The Labute approximate surface area is 149 Å². The Morgan fingerprint density at radius 1 is 1.00 bits per heavy atom. The van der Waals surface area contributed by atoms with Crippen LogP contribution in [0.1, 0.15) is 21.6 Å². The first-order valence-corrected chi connectivity index (χ1v) is 7.86. The molecule has 0 aliphatic heterocycles. The van der Waals surface area contributed by atoms with E-state index in [1.54, 1.807) is 6.07 Å². The van der Waals surface area contributed by atoms with Crippen molar-refractivity contribution in [1.82, 2.24) is 9.97 Å². The third-order valence-corrected chi connectivity index (χ3v) is 3.83. The largest absolute Gasteiger partial charge is 0.322 e. The molecule has 5 nitrogen and oxygen atoms in total. The zero-order valence-electron chi connectivity index (χ0n) is 14.2. The summed E-state index contributed by atoms with van der Waals surface area (Å²) in [4.78, 5) is 20.4. The fraction of sp³-hybridized carbons (Fsp3) is 0.105. The van der Waals surface area contributed by atoms with E-state index in [1.807, 2.05) is 26.0 Å². The maximum atomic E-state index is 13.7. The van der Waals surface area contributed by atoms with Crippen LogP contribution >= 0.6 is 0 Å². The smallest absolute Gasteiger partial charge is 0.274 e. The Balaban J connectivity index is 1.77. The average molecular weight is 354 g/mol. The highest BCUT2D eigenvalue weighted by atomic mass is 19.1. The van der Waals surface area contributed by atoms with Crippen molar-refractivity contribution in [3.05, 3.63) is 77.1 Å². The molecule has 0 fully saturated rings. The number of nitrogens with zero attached hydrogens (tertiary/aromatic N) is 2. The quantitative estimate of drug-likeness (QED) is 0.730. The van der Waals surface area contributed by atoms with E-state index in [9.17, 15) is 13.6 Å². The summed E-state index contributed by atoms with van der Waals surface area (Å²) in [6.45, 7) is 3.94. The Morgan fingerprint density at radius 3 is 2.54 bits per heavy atom. The maximum Gasteiger partial charge on any atom is 0.274 e. The van der Waals surface area contributed by atoms with Gasteiger partial charge in [-0.3, -0.25) is 4.79 Å². The van der Waals surface area contributed by atoms with Gasteiger partial charge in [-0.25, -0.2) is 18.7 Å². The second kappa shape index (κ2) is 7.26. The molecule has 0 unspecified atom stereocenters. The SMILES string of the molecule is Cc1ccc(NC(=O)c2ccnc(Nc3ccc(F)cc3F)n2)cc1C. The summed E-state index contributed by atoms with van der Waals surface area (Å²) in [6.07, 6.45) is 1.38. The van der Waals surface area contributed by atoms with Gasteiger partial charge in [-0.05, 0) is 55.3 Å². The Hall–Kier alpha value is -3.35. The van der Waals surface area contributed by atoms with E-state index >= 15 is 0 Å². The van der Waals surface area contributed by atoms with Gasteiger partial charge in [0, 0.05) is 18.0 Å². The van der Waals surface area contributed by atoms with Crippen molar-refractivity contribution in [2.45, 2.75) is 13.8 Å². The number of benzene rings is 2. The van der Waals surface area contributed by atoms with Gasteiger partial charge in [0.1, 0.15) is 17.3 Å².